The SMILES string of the molecule is [B]C1OC(COC)C[C@@]1(O)C#CCCO. The van der Waals surface area contributed by atoms with Gasteiger partial charge in [-0.15, -0.1) is 0 Å². The van der Waals surface area contributed by atoms with E-state index in [0.717, 1.165) is 0 Å². The third-order valence-electron chi connectivity index (χ3n) is 2.24. The van der Waals surface area contributed by atoms with Crippen LogP contribution in [0.2, 0.25) is 0 Å². The van der Waals surface area contributed by atoms with E-state index in [4.69, 9.17) is 22.4 Å². The maximum Gasteiger partial charge on any atom is 0.145 e. The van der Waals surface area contributed by atoms with Crippen LogP contribution in [-0.2, 0) is 9.47 Å². The van der Waals surface area contributed by atoms with Crippen LogP contribution in [0.5, 0.6) is 0 Å². The summed E-state index contributed by atoms with van der Waals surface area (Å²) in [6, 6.07) is -0.816. The maximum atomic E-state index is 10.0. The molecule has 0 bridgehead atoms. The van der Waals surface area contributed by atoms with Gasteiger partial charge in [0.1, 0.15) is 13.4 Å². The van der Waals surface area contributed by atoms with Crippen LogP contribution in [0.25, 0.3) is 0 Å². The topological polar surface area (TPSA) is 58.9 Å². The van der Waals surface area contributed by atoms with Crippen LogP contribution < -0.4 is 0 Å². The van der Waals surface area contributed by atoms with Gasteiger partial charge in [-0.05, 0) is 0 Å². The lowest BCUT2D eigenvalue weighted by Gasteiger charge is -2.19. The lowest BCUT2D eigenvalue weighted by molar-refractivity contribution is 0.00634. The number of rotatable bonds is 3. The Kier molecular flexibility index (Phi) is 4.61. The van der Waals surface area contributed by atoms with Gasteiger partial charge in [0.2, 0.25) is 0 Å². The number of aliphatic hydroxyl groups excluding tert-OH is 1. The third kappa shape index (κ3) is 3.21. The predicted octanol–water partition coefficient (Wildman–Crippen LogP) is -0.967. The molecule has 0 amide bonds. The molecular weight excluding hydrogens is 195 g/mol. The molecule has 0 aliphatic carbocycles. The fraction of sp³-hybridized carbons (Fsp3) is 0.800. The largest absolute Gasteiger partial charge is 0.395 e. The summed E-state index contributed by atoms with van der Waals surface area (Å²) < 4.78 is 10.2. The van der Waals surface area contributed by atoms with Crippen LogP contribution in [-0.4, -0.2) is 56.1 Å². The molecule has 4 nitrogen and oxygen atoms in total. The zero-order valence-electron chi connectivity index (χ0n) is 8.77. The summed E-state index contributed by atoms with van der Waals surface area (Å²) in [5.41, 5.74) is -1.32. The van der Waals surface area contributed by atoms with E-state index in [0.29, 0.717) is 19.4 Å². The molecule has 3 atom stereocenters. The number of hydrogen-bond donors (Lipinski definition) is 2. The van der Waals surface area contributed by atoms with Crippen molar-refractivity contribution in [2.24, 2.45) is 0 Å². The molecule has 1 rings (SSSR count). The molecule has 82 valence electrons. The fourth-order valence-corrected chi connectivity index (χ4v) is 1.51. The van der Waals surface area contributed by atoms with E-state index < -0.39 is 11.6 Å². The molecule has 0 spiro atoms. The Bertz CT molecular complexity index is 260. The second kappa shape index (κ2) is 5.52. The van der Waals surface area contributed by atoms with Gasteiger partial charge in [-0.2, -0.15) is 0 Å². The molecule has 1 aliphatic rings. The molecule has 2 N–H and O–H groups in total. The monoisotopic (exact) mass is 210 g/mol. The van der Waals surface area contributed by atoms with E-state index >= 15 is 0 Å². The van der Waals surface area contributed by atoms with Gasteiger partial charge in [0.05, 0.1) is 25.3 Å². The highest BCUT2D eigenvalue weighted by Crippen LogP contribution is 2.28. The highest BCUT2D eigenvalue weighted by molar-refractivity contribution is 6.12. The van der Waals surface area contributed by atoms with Crippen molar-refractivity contribution in [3.05, 3.63) is 0 Å². The Morgan fingerprint density at radius 3 is 3.00 bits per heavy atom. The molecule has 0 saturated carbocycles. The molecule has 0 aromatic rings. The standard InChI is InChI=1S/C10H15BO4/c1-14-7-8-6-10(13,9(11)15-8)4-2-3-5-12/h8-9,12-13H,3,5-7H2,1H3/t8?,9?,10-/m0/s1. The minimum absolute atomic E-state index is 0.0271. The van der Waals surface area contributed by atoms with Crippen molar-refractivity contribution in [1.82, 2.24) is 0 Å². The van der Waals surface area contributed by atoms with Gasteiger partial charge in [0, 0.05) is 20.0 Å². The predicted molar refractivity (Wildman–Crippen MR) is 55.3 cm³/mol. The van der Waals surface area contributed by atoms with Crippen molar-refractivity contribution in [2.45, 2.75) is 30.5 Å². The molecule has 2 unspecified atom stereocenters. The van der Waals surface area contributed by atoms with Crippen LogP contribution in [0.1, 0.15) is 12.8 Å². The second-order valence-corrected chi connectivity index (χ2v) is 3.54. The molecule has 5 heteroatoms. The van der Waals surface area contributed by atoms with Crippen molar-refractivity contribution < 1.29 is 19.7 Å². The van der Waals surface area contributed by atoms with Gasteiger partial charge in [-0.3, -0.25) is 0 Å². The summed E-state index contributed by atoms with van der Waals surface area (Å²) in [6.07, 6.45) is 0.433. The summed E-state index contributed by atoms with van der Waals surface area (Å²) in [5, 5.41) is 18.6. The first-order valence-corrected chi connectivity index (χ1v) is 4.85. The van der Waals surface area contributed by atoms with E-state index in [-0.39, 0.29) is 12.7 Å². The van der Waals surface area contributed by atoms with E-state index in [2.05, 4.69) is 11.8 Å². The van der Waals surface area contributed by atoms with Gasteiger partial charge >= 0.3 is 0 Å². The van der Waals surface area contributed by atoms with E-state index in [1.807, 2.05) is 0 Å². The van der Waals surface area contributed by atoms with E-state index in [1.54, 1.807) is 7.11 Å². The quantitative estimate of drug-likeness (QED) is 0.465. The molecule has 1 heterocycles. The summed E-state index contributed by atoms with van der Waals surface area (Å²) >= 11 is 0. The normalized spacial score (nSPS) is 34.9. The van der Waals surface area contributed by atoms with Gasteiger partial charge in [0.15, 0.2) is 0 Å². The summed E-state index contributed by atoms with van der Waals surface area (Å²) in [6.45, 7) is 0.359. The zero-order valence-corrected chi connectivity index (χ0v) is 8.77. The molecule has 0 aromatic carbocycles. The van der Waals surface area contributed by atoms with Gasteiger partial charge in [0.25, 0.3) is 0 Å². The Morgan fingerprint density at radius 2 is 2.40 bits per heavy atom. The average Bonchev–Trinajstić information content (AvgIpc) is 2.44. The average molecular weight is 210 g/mol. The number of aliphatic hydroxyl groups is 2. The fourth-order valence-electron chi connectivity index (χ4n) is 1.51. The molecule has 2 radical (unpaired) electrons. The van der Waals surface area contributed by atoms with Crippen LogP contribution in [0, 0.1) is 11.8 Å². The Labute approximate surface area is 91.0 Å². The first kappa shape index (κ1) is 12.5. The maximum absolute atomic E-state index is 10.0. The van der Waals surface area contributed by atoms with Gasteiger partial charge < -0.3 is 19.7 Å². The van der Waals surface area contributed by atoms with E-state index in [1.165, 1.54) is 0 Å². The number of methoxy groups -OCH3 is 1. The zero-order chi connectivity index (χ0) is 11.3. The van der Waals surface area contributed by atoms with Crippen molar-refractivity contribution in [2.75, 3.05) is 20.3 Å². The van der Waals surface area contributed by atoms with Gasteiger partial charge in [-0.1, -0.05) is 11.8 Å². The summed E-state index contributed by atoms with van der Waals surface area (Å²) in [5.74, 6) is 5.30. The van der Waals surface area contributed by atoms with Crippen LogP contribution in [0.3, 0.4) is 0 Å². The van der Waals surface area contributed by atoms with Gasteiger partial charge in [-0.25, -0.2) is 0 Å². The summed E-state index contributed by atoms with van der Waals surface area (Å²) in [4.78, 5) is 0. The minimum atomic E-state index is -1.32. The van der Waals surface area contributed by atoms with Crippen molar-refractivity contribution in [1.29, 1.82) is 0 Å². The van der Waals surface area contributed by atoms with Crippen LogP contribution in [0.4, 0.5) is 0 Å². The Morgan fingerprint density at radius 1 is 1.67 bits per heavy atom. The Balaban J connectivity index is 2.58. The van der Waals surface area contributed by atoms with Crippen molar-refractivity contribution in [3.63, 3.8) is 0 Å². The highest BCUT2D eigenvalue weighted by Gasteiger charge is 2.42. The first-order valence-electron chi connectivity index (χ1n) is 4.85. The molecule has 1 saturated heterocycles. The summed E-state index contributed by atoms with van der Waals surface area (Å²) in [7, 11) is 7.18. The molecule has 1 fully saturated rings. The number of ether oxygens (including phenoxy) is 2. The smallest absolute Gasteiger partial charge is 0.145 e. The first-order chi connectivity index (χ1) is 7.12. The number of hydrogen-bond acceptors (Lipinski definition) is 4. The van der Waals surface area contributed by atoms with Crippen LogP contribution in [0.15, 0.2) is 0 Å². The second-order valence-electron chi connectivity index (χ2n) is 3.54. The molecular formula is C10H15BO4. The molecule has 15 heavy (non-hydrogen) atoms. The third-order valence-corrected chi connectivity index (χ3v) is 2.24. The van der Waals surface area contributed by atoms with Crippen molar-refractivity contribution >= 4 is 7.85 Å². The molecule has 1 aliphatic heterocycles. The lowest BCUT2D eigenvalue weighted by Crippen LogP contribution is -2.36. The highest BCUT2D eigenvalue weighted by atomic mass is 16.5. The van der Waals surface area contributed by atoms with Crippen molar-refractivity contribution in [3.8, 4) is 11.8 Å². The Hall–Kier alpha value is -0.535. The molecule has 0 aromatic heterocycles. The lowest BCUT2D eigenvalue weighted by atomic mass is 9.82. The van der Waals surface area contributed by atoms with E-state index in [9.17, 15) is 5.11 Å². The van der Waals surface area contributed by atoms with Crippen LogP contribution >= 0.6 is 0 Å². The minimum Gasteiger partial charge on any atom is -0.395 e.